The van der Waals surface area contributed by atoms with Gasteiger partial charge in [0, 0.05) is 11.1 Å². The molecule has 1 unspecified atom stereocenters. The Balaban J connectivity index is 2.80. The number of hydrogen-bond acceptors (Lipinski definition) is 1. The first-order chi connectivity index (χ1) is 6.50. The average Bonchev–Trinajstić information content (AvgIpc) is 2.11. The van der Waals surface area contributed by atoms with Gasteiger partial charge in [0.1, 0.15) is 5.82 Å². The van der Waals surface area contributed by atoms with Crippen molar-refractivity contribution in [3.63, 3.8) is 0 Å². The normalized spacial score (nSPS) is 13.3. The van der Waals surface area contributed by atoms with Crippen LogP contribution in [0.5, 0.6) is 0 Å². The van der Waals surface area contributed by atoms with Crippen molar-refractivity contribution in [2.24, 2.45) is 11.7 Å². The van der Waals surface area contributed by atoms with E-state index in [0.717, 1.165) is 5.56 Å². The first-order valence-corrected chi connectivity index (χ1v) is 5.08. The summed E-state index contributed by atoms with van der Waals surface area (Å²) < 4.78 is 12.9. The summed E-state index contributed by atoms with van der Waals surface area (Å²) in [7, 11) is 0. The zero-order valence-corrected chi connectivity index (χ0v) is 9.18. The van der Waals surface area contributed by atoms with E-state index < -0.39 is 0 Å². The van der Waals surface area contributed by atoms with Crippen molar-refractivity contribution in [2.75, 3.05) is 0 Å². The molecule has 0 aliphatic carbocycles. The molecule has 0 radical (unpaired) electrons. The van der Waals surface area contributed by atoms with Crippen LogP contribution in [0.15, 0.2) is 18.2 Å². The van der Waals surface area contributed by atoms with Crippen molar-refractivity contribution in [3.8, 4) is 0 Å². The van der Waals surface area contributed by atoms with Crippen molar-refractivity contribution >= 4 is 11.6 Å². The summed E-state index contributed by atoms with van der Waals surface area (Å²) in [6.45, 7) is 4.08. The molecule has 1 rings (SSSR count). The van der Waals surface area contributed by atoms with Gasteiger partial charge in [-0.05, 0) is 36.1 Å². The van der Waals surface area contributed by atoms with Crippen LogP contribution >= 0.6 is 11.6 Å². The highest BCUT2D eigenvalue weighted by Gasteiger charge is 2.11. The minimum atomic E-state index is -0.264. The molecule has 0 heterocycles. The molecule has 1 aromatic rings. The van der Waals surface area contributed by atoms with Gasteiger partial charge in [0.05, 0.1) is 0 Å². The first-order valence-electron chi connectivity index (χ1n) is 4.70. The summed E-state index contributed by atoms with van der Waals surface area (Å²) >= 11 is 5.92. The summed E-state index contributed by atoms with van der Waals surface area (Å²) in [4.78, 5) is 0. The molecule has 0 amide bonds. The molecule has 1 atom stereocenters. The van der Waals surface area contributed by atoms with Crippen molar-refractivity contribution in [1.82, 2.24) is 0 Å². The van der Waals surface area contributed by atoms with Crippen LogP contribution in [-0.4, -0.2) is 6.04 Å². The lowest BCUT2D eigenvalue weighted by Gasteiger charge is -2.16. The number of rotatable bonds is 3. The topological polar surface area (TPSA) is 26.0 Å². The van der Waals surface area contributed by atoms with Crippen LogP contribution in [0.25, 0.3) is 0 Å². The Hall–Kier alpha value is -0.600. The summed E-state index contributed by atoms with van der Waals surface area (Å²) in [5, 5.41) is 0.586. The highest BCUT2D eigenvalue weighted by Crippen LogP contribution is 2.19. The van der Waals surface area contributed by atoms with Crippen LogP contribution in [0.3, 0.4) is 0 Å². The molecule has 0 aliphatic rings. The number of nitrogens with two attached hydrogens (primary N) is 1. The van der Waals surface area contributed by atoms with Gasteiger partial charge in [-0.25, -0.2) is 4.39 Å². The third-order valence-electron chi connectivity index (χ3n) is 2.32. The van der Waals surface area contributed by atoms with Crippen LogP contribution in [0.2, 0.25) is 5.02 Å². The second-order valence-corrected chi connectivity index (χ2v) is 4.25. The van der Waals surface area contributed by atoms with Gasteiger partial charge >= 0.3 is 0 Å². The monoisotopic (exact) mass is 215 g/mol. The molecule has 0 fully saturated rings. The van der Waals surface area contributed by atoms with Gasteiger partial charge in [-0.15, -0.1) is 0 Å². The van der Waals surface area contributed by atoms with Crippen LogP contribution in [-0.2, 0) is 6.42 Å². The van der Waals surface area contributed by atoms with Gasteiger partial charge in [-0.1, -0.05) is 25.4 Å². The minimum Gasteiger partial charge on any atom is -0.327 e. The van der Waals surface area contributed by atoms with Gasteiger partial charge in [0.25, 0.3) is 0 Å². The van der Waals surface area contributed by atoms with Crippen molar-refractivity contribution in [2.45, 2.75) is 26.3 Å². The van der Waals surface area contributed by atoms with Gasteiger partial charge < -0.3 is 5.73 Å². The van der Waals surface area contributed by atoms with Crippen LogP contribution < -0.4 is 5.73 Å². The second kappa shape index (κ2) is 4.76. The van der Waals surface area contributed by atoms with Crippen molar-refractivity contribution < 1.29 is 4.39 Å². The summed E-state index contributed by atoms with van der Waals surface area (Å²) in [6, 6.07) is 4.39. The number of halogens is 2. The number of benzene rings is 1. The molecule has 2 N–H and O–H groups in total. The van der Waals surface area contributed by atoms with Crippen LogP contribution in [0, 0.1) is 11.7 Å². The summed E-state index contributed by atoms with van der Waals surface area (Å²) in [5.41, 5.74) is 6.67. The van der Waals surface area contributed by atoms with E-state index in [-0.39, 0.29) is 11.9 Å². The fraction of sp³-hybridized carbons (Fsp3) is 0.455. The lowest BCUT2D eigenvalue weighted by atomic mass is 9.97. The largest absolute Gasteiger partial charge is 0.327 e. The lowest BCUT2D eigenvalue weighted by molar-refractivity contribution is 0.489. The fourth-order valence-electron chi connectivity index (χ4n) is 1.19. The van der Waals surface area contributed by atoms with Crippen LogP contribution in [0.1, 0.15) is 19.4 Å². The van der Waals surface area contributed by atoms with Gasteiger partial charge in [-0.2, -0.15) is 0 Å². The zero-order chi connectivity index (χ0) is 10.7. The predicted octanol–water partition coefficient (Wildman–Crippen LogP) is 3.00. The Kier molecular flexibility index (Phi) is 3.90. The number of hydrogen-bond donors (Lipinski definition) is 1. The molecule has 0 saturated heterocycles. The molecular formula is C11H15ClFN. The van der Waals surface area contributed by atoms with Crippen molar-refractivity contribution in [3.05, 3.63) is 34.6 Å². The van der Waals surface area contributed by atoms with Gasteiger partial charge in [-0.3, -0.25) is 0 Å². The maximum absolute atomic E-state index is 12.9. The van der Waals surface area contributed by atoms with E-state index in [1.807, 2.05) is 13.8 Å². The molecule has 78 valence electrons. The zero-order valence-electron chi connectivity index (χ0n) is 8.43. The van der Waals surface area contributed by atoms with E-state index in [1.54, 1.807) is 6.07 Å². The predicted molar refractivity (Wildman–Crippen MR) is 57.9 cm³/mol. The standard InChI is InChI=1S/C11H15ClFN/c1-7(2)11(14)6-8-5-9(13)3-4-10(8)12/h3-5,7,11H,6,14H2,1-2H3. The molecular weight excluding hydrogens is 201 g/mol. The highest BCUT2D eigenvalue weighted by atomic mass is 35.5. The van der Waals surface area contributed by atoms with Crippen molar-refractivity contribution in [1.29, 1.82) is 0 Å². The summed E-state index contributed by atoms with van der Waals surface area (Å²) in [5.74, 6) is 0.106. The molecule has 0 aliphatic heterocycles. The van der Waals surface area contributed by atoms with Gasteiger partial charge in [0.15, 0.2) is 0 Å². The Morgan fingerprint density at radius 2 is 2.07 bits per heavy atom. The van der Waals surface area contributed by atoms with E-state index in [1.165, 1.54) is 12.1 Å². The molecule has 1 nitrogen and oxygen atoms in total. The average molecular weight is 216 g/mol. The molecule has 0 aromatic heterocycles. The van der Waals surface area contributed by atoms with Gasteiger partial charge in [0.2, 0.25) is 0 Å². The quantitative estimate of drug-likeness (QED) is 0.824. The molecule has 0 spiro atoms. The highest BCUT2D eigenvalue weighted by molar-refractivity contribution is 6.31. The SMILES string of the molecule is CC(C)C(N)Cc1cc(F)ccc1Cl. The van der Waals surface area contributed by atoms with E-state index >= 15 is 0 Å². The lowest BCUT2D eigenvalue weighted by Crippen LogP contribution is -2.28. The fourth-order valence-corrected chi connectivity index (χ4v) is 1.38. The van der Waals surface area contributed by atoms with Crippen LogP contribution in [0.4, 0.5) is 4.39 Å². The Labute approximate surface area is 89.1 Å². The van der Waals surface area contributed by atoms with E-state index in [0.29, 0.717) is 17.4 Å². The van der Waals surface area contributed by atoms with E-state index in [2.05, 4.69) is 0 Å². The second-order valence-electron chi connectivity index (χ2n) is 3.85. The third kappa shape index (κ3) is 2.96. The molecule has 0 bridgehead atoms. The molecule has 0 saturated carbocycles. The maximum Gasteiger partial charge on any atom is 0.123 e. The van der Waals surface area contributed by atoms with E-state index in [4.69, 9.17) is 17.3 Å². The Morgan fingerprint density at radius 3 is 2.64 bits per heavy atom. The molecule has 3 heteroatoms. The maximum atomic E-state index is 12.9. The third-order valence-corrected chi connectivity index (χ3v) is 2.69. The minimum absolute atomic E-state index is 0.0225. The first kappa shape index (κ1) is 11.5. The van der Waals surface area contributed by atoms with E-state index in [9.17, 15) is 4.39 Å². The Morgan fingerprint density at radius 1 is 1.43 bits per heavy atom. The Bertz CT molecular complexity index is 312. The smallest absolute Gasteiger partial charge is 0.123 e. The summed E-state index contributed by atoms with van der Waals surface area (Å²) in [6.07, 6.45) is 0.619. The molecule has 14 heavy (non-hydrogen) atoms. The molecule has 1 aromatic carbocycles.